The second-order valence-electron chi connectivity index (χ2n) is 12.7. The Balaban J connectivity index is 0.000000870. The Kier molecular flexibility index (Phi) is 9.83. The van der Waals surface area contributed by atoms with E-state index in [1.165, 1.54) is 17.0 Å². The highest BCUT2D eigenvalue weighted by Gasteiger charge is 2.38. The van der Waals surface area contributed by atoms with Gasteiger partial charge in [0.05, 0.1) is 16.7 Å². The lowest BCUT2D eigenvalue weighted by molar-refractivity contribution is -0.384. The zero-order valence-electron chi connectivity index (χ0n) is 28.3. The highest BCUT2D eigenvalue weighted by Crippen LogP contribution is 2.36. The van der Waals surface area contributed by atoms with E-state index >= 15 is 0 Å². The molecule has 0 unspecified atom stereocenters. The van der Waals surface area contributed by atoms with E-state index in [2.05, 4.69) is 15.6 Å². The summed E-state index contributed by atoms with van der Waals surface area (Å²) in [5.74, 6) is -1.68. The number of carbonyl (C=O) groups is 4. The number of carbonyl (C=O) groups excluding carboxylic acids is 4. The summed E-state index contributed by atoms with van der Waals surface area (Å²) >= 11 is 0. The van der Waals surface area contributed by atoms with Crippen LogP contribution in [0.5, 0.6) is 0 Å². The monoisotopic (exact) mass is 726 g/mol. The highest BCUT2D eigenvalue weighted by molar-refractivity contribution is 7.85. The number of imide groups is 2. The molecule has 0 radical (unpaired) electrons. The van der Waals surface area contributed by atoms with Crippen molar-refractivity contribution in [2.24, 2.45) is 0 Å². The third-order valence-corrected chi connectivity index (χ3v) is 8.99. The van der Waals surface area contributed by atoms with Gasteiger partial charge in [-0.1, -0.05) is 24.3 Å². The summed E-state index contributed by atoms with van der Waals surface area (Å²) in [4.78, 5) is 71.6. The second-order valence-corrected chi connectivity index (χ2v) is 14.2. The van der Waals surface area contributed by atoms with Crippen molar-refractivity contribution in [2.75, 3.05) is 32.4 Å². The van der Waals surface area contributed by atoms with Crippen molar-refractivity contribution in [3.8, 4) is 0 Å². The van der Waals surface area contributed by atoms with Gasteiger partial charge in [0.1, 0.15) is 0 Å². The maximum atomic E-state index is 13.7. The van der Waals surface area contributed by atoms with E-state index in [0.29, 0.717) is 65.3 Å². The molecule has 3 heterocycles. The first kappa shape index (κ1) is 36.1. The fourth-order valence-corrected chi connectivity index (χ4v) is 6.75. The van der Waals surface area contributed by atoms with Gasteiger partial charge in [-0.3, -0.25) is 48.6 Å². The molecule has 0 fully saturated rings. The molecule has 4 amide bonds. The molecular weight excluding hydrogens is 692 g/mol. The fourth-order valence-electron chi connectivity index (χ4n) is 6.75. The Morgan fingerprint density at radius 2 is 1.27 bits per heavy atom. The predicted octanol–water partition coefficient (Wildman–Crippen LogP) is 3.80. The third kappa shape index (κ3) is 6.83. The van der Waals surface area contributed by atoms with Gasteiger partial charge in [-0.15, -0.1) is 0 Å². The standard InChI is InChI=1S/C35H30N6O6.CH4O3S/c1-19(39-32(42)25-7-3-5-22-13-23(41(46)47)15-28(30(22)25)35(39)45)16-37-11-12-38-17-20(2)40-33(43)26-8-4-6-24-29-18-36-10-9-21(29)14-27(31(24)26)34(40)44;1-5(2,3)4/h3-10,13-15,18-20,37-38H,11-12,16-17H2,1-2H3;1H3,(H,2,3,4)/t19-,20-;/m1./s1. The van der Waals surface area contributed by atoms with E-state index in [1.807, 2.05) is 31.2 Å². The minimum Gasteiger partial charge on any atom is -0.313 e. The number of amides is 4. The number of pyridine rings is 1. The largest absolute Gasteiger partial charge is 0.313 e. The first-order valence-corrected chi connectivity index (χ1v) is 18.1. The van der Waals surface area contributed by atoms with Crippen LogP contribution in [0.3, 0.4) is 0 Å². The van der Waals surface area contributed by atoms with Gasteiger partial charge < -0.3 is 10.6 Å². The third-order valence-electron chi connectivity index (χ3n) is 8.99. The molecule has 5 aromatic rings. The molecule has 52 heavy (non-hydrogen) atoms. The van der Waals surface area contributed by atoms with Gasteiger partial charge >= 0.3 is 0 Å². The van der Waals surface area contributed by atoms with Gasteiger partial charge in [0.25, 0.3) is 39.4 Å². The Bertz CT molecular complexity index is 2430. The maximum Gasteiger partial charge on any atom is 0.270 e. The van der Waals surface area contributed by atoms with E-state index in [1.54, 1.807) is 43.6 Å². The molecule has 7 rings (SSSR count). The second kappa shape index (κ2) is 14.1. The molecule has 2 aliphatic heterocycles. The van der Waals surface area contributed by atoms with Crippen LogP contribution in [0.1, 0.15) is 55.3 Å². The number of fused-ring (bicyclic) bond motifs is 2. The lowest BCUT2D eigenvalue weighted by Gasteiger charge is -2.32. The van der Waals surface area contributed by atoms with Crippen LogP contribution in [0, 0.1) is 10.1 Å². The number of non-ortho nitro benzene ring substituents is 1. The number of rotatable bonds is 10. The highest BCUT2D eigenvalue weighted by atomic mass is 32.2. The zero-order chi connectivity index (χ0) is 37.5. The van der Waals surface area contributed by atoms with Gasteiger partial charge in [-0.05, 0) is 54.3 Å². The maximum absolute atomic E-state index is 13.7. The molecule has 0 saturated heterocycles. The zero-order valence-corrected chi connectivity index (χ0v) is 29.1. The quantitative estimate of drug-likeness (QED) is 0.0469. The van der Waals surface area contributed by atoms with Crippen molar-refractivity contribution in [3.63, 3.8) is 0 Å². The summed E-state index contributed by atoms with van der Waals surface area (Å²) in [5, 5.41) is 22.2. The van der Waals surface area contributed by atoms with Crippen molar-refractivity contribution in [2.45, 2.75) is 25.9 Å². The van der Waals surface area contributed by atoms with E-state index in [-0.39, 0.29) is 23.1 Å². The molecule has 0 bridgehead atoms. The number of hydrogen-bond donors (Lipinski definition) is 3. The summed E-state index contributed by atoms with van der Waals surface area (Å²) in [7, 11) is -3.67. The lowest BCUT2D eigenvalue weighted by Crippen LogP contribution is -2.51. The van der Waals surface area contributed by atoms with Crippen molar-refractivity contribution >= 4 is 71.8 Å². The summed E-state index contributed by atoms with van der Waals surface area (Å²) in [6, 6.07) is 15.7. The smallest absolute Gasteiger partial charge is 0.270 e. The van der Waals surface area contributed by atoms with E-state index in [9.17, 15) is 37.7 Å². The molecular formula is C36H34N6O9S. The van der Waals surface area contributed by atoms with Gasteiger partial charge in [0, 0.05) is 95.6 Å². The number of nitrogens with zero attached hydrogens (tertiary/aromatic N) is 4. The molecule has 1 aromatic heterocycles. The van der Waals surface area contributed by atoms with Gasteiger partial charge in [-0.25, -0.2) is 0 Å². The van der Waals surface area contributed by atoms with Gasteiger partial charge in [0.2, 0.25) is 0 Å². The van der Waals surface area contributed by atoms with Crippen LogP contribution < -0.4 is 10.6 Å². The molecule has 2 aliphatic rings. The van der Waals surface area contributed by atoms with Crippen molar-refractivity contribution < 1.29 is 37.1 Å². The summed E-state index contributed by atoms with van der Waals surface area (Å²) in [6.07, 6.45) is 4.14. The fraction of sp³-hybridized carbons (Fsp3) is 0.250. The average Bonchev–Trinajstić information content (AvgIpc) is 3.10. The van der Waals surface area contributed by atoms with E-state index in [0.717, 1.165) is 21.1 Å². The summed E-state index contributed by atoms with van der Waals surface area (Å²) in [6.45, 7) is 5.20. The van der Waals surface area contributed by atoms with Crippen LogP contribution in [-0.2, 0) is 10.1 Å². The number of hydrogen-bond acceptors (Lipinski definition) is 11. The van der Waals surface area contributed by atoms with Crippen LogP contribution in [0.15, 0.2) is 73.1 Å². The SMILES string of the molecule is CS(=O)(=O)O.C[C@H](CNCCNC[C@@H](C)N1C(=O)c2cccc3c2c(cc2ccncc23)C1=O)N1C(=O)c2cccc3cc([N+](=O)[O-])cc(c23)C1=O. The van der Waals surface area contributed by atoms with Crippen molar-refractivity contribution in [3.05, 3.63) is 105 Å². The minimum atomic E-state index is -3.67. The number of nitro benzene ring substituents is 1. The first-order chi connectivity index (χ1) is 24.7. The van der Waals surface area contributed by atoms with Gasteiger partial charge in [-0.2, -0.15) is 8.42 Å². The minimum absolute atomic E-state index is 0.137. The molecule has 3 N–H and O–H groups in total. The van der Waals surface area contributed by atoms with Crippen LogP contribution in [0.4, 0.5) is 5.69 Å². The van der Waals surface area contributed by atoms with E-state index < -0.39 is 38.9 Å². The first-order valence-electron chi connectivity index (χ1n) is 16.3. The predicted molar refractivity (Wildman–Crippen MR) is 193 cm³/mol. The topological polar surface area (TPSA) is 209 Å². The summed E-state index contributed by atoms with van der Waals surface area (Å²) in [5.41, 5.74) is 1.24. The molecule has 0 saturated carbocycles. The molecule has 4 aromatic carbocycles. The van der Waals surface area contributed by atoms with Crippen LogP contribution >= 0.6 is 0 Å². The number of aromatic nitrogens is 1. The number of nitrogens with one attached hydrogen (secondary N) is 2. The normalized spacial score (nSPS) is 15.2. The van der Waals surface area contributed by atoms with Crippen LogP contribution in [0.25, 0.3) is 32.3 Å². The Labute approximate surface area is 297 Å². The number of benzene rings is 4. The molecule has 0 aliphatic carbocycles. The molecule has 15 nitrogen and oxygen atoms in total. The average molecular weight is 727 g/mol. The van der Waals surface area contributed by atoms with Gasteiger partial charge in [0.15, 0.2) is 0 Å². The molecule has 16 heteroatoms. The van der Waals surface area contributed by atoms with Crippen LogP contribution in [0.2, 0.25) is 0 Å². The Morgan fingerprint density at radius 3 is 1.85 bits per heavy atom. The molecule has 268 valence electrons. The summed E-state index contributed by atoms with van der Waals surface area (Å²) < 4.78 is 25.9. The van der Waals surface area contributed by atoms with Crippen molar-refractivity contribution in [1.82, 2.24) is 25.4 Å². The molecule has 0 spiro atoms. The molecule has 2 atom stereocenters. The van der Waals surface area contributed by atoms with E-state index in [4.69, 9.17) is 4.55 Å². The lowest BCUT2D eigenvalue weighted by atomic mass is 9.90. The van der Waals surface area contributed by atoms with Crippen LogP contribution in [-0.4, -0.2) is 101 Å². The Morgan fingerprint density at radius 1 is 0.750 bits per heavy atom. The number of nitro groups is 1. The van der Waals surface area contributed by atoms with Crippen molar-refractivity contribution in [1.29, 1.82) is 0 Å². The Hall–Kier alpha value is -5.68.